The lowest BCUT2D eigenvalue weighted by atomic mass is 10.1. The predicted molar refractivity (Wildman–Crippen MR) is 64.9 cm³/mol. The molecule has 0 spiro atoms. The third kappa shape index (κ3) is 1.07. The van der Waals surface area contributed by atoms with Crippen molar-refractivity contribution in [3.05, 3.63) is 42.0 Å². The van der Waals surface area contributed by atoms with Gasteiger partial charge in [-0.1, -0.05) is 18.2 Å². The van der Waals surface area contributed by atoms with E-state index in [9.17, 15) is 0 Å². The number of H-pyrrole nitrogens is 1. The van der Waals surface area contributed by atoms with Crippen LogP contribution in [0.1, 0.15) is 5.56 Å². The zero-order chi connectivity index (χ0) is 11.1. The maximum atomic E-state index is 8.91. The lowest BCUT2D eigenvalue weighted by molar-refractivity contribution is 1.48. The first-order chi connectivity index (χ1) is 7.79. The molecule has 3 heteroatoms. The summed E-state index contributed by atoms with van der Waals surface area (Å²) in [5.74, 6) is 0. The third-order valence-electron chi connectivity index (χ3n) is 2.80. The molecule has 3 aromatic rings. The van der Waals surface area contributed by atoms with Crippen LogP contribution in [0.15, 0.2) is 36.4 Å². The van der Waals surface area contributed by atoms with Gasteiger partial charge in [-0.25, -0.2) is 0 Å². The van der Waals surface area contributed by atoms with Crippen LogP contribution in [-0.2, 0) is 0 Å². The minimum Gasteiger partial charge on any atom is -0.398 e. The molecule has 3 N–H and O–H groups in total. The highest BCUT2D eigenvalue weighted by Gasteiger charge is 2.06. The van der Waals surface area contributed by atoms with Gasteiger partial charge in [0, 0.05) is 21.8 Å². The number of rotatable bonds is 0. The summed E-state index contributed by atoms with van der Waals surface area (Å²) < 4.78 is 0. The van der Waals surface area contributed by atoms with Crippen molar-refractivity contribution >= 4 is 27.5 Å². The molecule has 1 aromatic heterocycles. The van der Waals surface area contributed by atoms with Gasteiger partial charge in [0.25, 0.3) is 0 Å². The Bertz CT molecular complexity index is 732. The van der Waals surface area contributed by atoms with E-state index in [1.54, 1.807) is 6.07 Å². The van der Waals surface area contributed by atoms with Crippen LogP contribution in [0.25, 0.3) is 21.8 Å². The average Bonchev–Trinajstić information content (AvgIpc) is 2.66. The summed E-state index contributed by atoms with van der Waals surface area (Å²) in [7, 11) is 0. The van der Waals surface area contributed by atoms with E-state index in [1.165, 1.54) is 0 Å². The third-order valence-corrected chi connectivity index (χ3v) is 2.80. The topological polar surface area (TPSA) is 65.6 Å². The number of nitrogen functional groups attached to an aromatic ring is 1. The molecule has 0 unspecified atom stereocenters. The van der Waals surface area contributed by atoms with Crippen LogP contribution in [-0.4, -0.2) is 4.98 Å². The van der Waals surface area contributed by atoms with Gasteiger partial charge in [0.05, 0.1) is 11.3 Å². The van der Waals surface area contributed by atoms with E-state index in [4.69, 9.17) is 11.0 Å². The van der Waals surface area contributed by atoms with Gasteiger partial charge in [-0.3, -0.25) is 0 Å². The van der Waals surface area contributed by atoms with Gasteiger partial charge >= 0.3 is 0 Å². The number of nitrogens with one attached hydrogen (secondary N) is 1. The fraction of sp³-hybridized carbons (Fsp3) is 0. The molecule has 0 radical (unpaired) electrons. The number of nitriles is 1. The second kappa shape index (κ2) is 3.01. The maximum Gasteiger partial charge on any atom is 0.101 e. The predicted octanol–water partition coefficient (Wildman–Crippen LogP) is 2.77. The molecule has 0 fully saturated rings. The summed E-state index contributed by atoms with van der Waals surface area (Å²) in [6, 6.07) is 13.8. The number of fused-ring (bicyclic) bond motifs is 3. The number of hydrogen-bond acceptors (Lipinski definition) is 2. The van der Waals surface area contributed by atoms with Crippen molar-refractivity contribution in [1.82, 2.24) is 4.98 Å². The van der Waals surface area contributed by atoms with E-state index >= 15 is 0 Å². The number of hydrogen-bond donors (Lipinski definition) is 2. The Morgan fingerprint density at radius 3 is 2.69 bits per heavy atom. The normalized spacial score (nSPS) is 10.7. The number of nitrogens with zero attached hydrogens (tertiary/aromatic N) is 1. The van der Waals surface area contributed by atoms with Crippen LogP contribution >= 0.6 is 0 Å². The molecule has 0 aliphatic heterocycles. The Kier molecular flexibility index (Phi) is 1.66. The zero-order valence-corrected chi connectivity index (χ0v) is 8.49. The highest BCUT2D eigenvalue weighted by molar-refractivity contribution is 6.08. The largest absolute Gasteiger partial charge is 0.398 e. The number of aromatic amines is 1. The summed E-state index contributed by atoms with van der Waals surface area (Å²) in [5, 5.41) is 11.1. The van der Waals surface area contributed by atoms with Crippen molar-refractivity contribution in [2.75, 3.05) is 5.73 Å². The van der Waals surface area contributed by atoms with Gasteiger partial charge in [-0.15, -0.1) is 0 Å². The summed E-state index contributed by atoms with van der Waals surface area (Å²) in [4.78, 5) is 3.27. The lowest BCUT2D eigenvalue weighted by Crippen LogP contribution is -1.89. The SMILES string of the molecule is N#Cc1cc2[nH]c3ccccc3c2cc1N. The van der Waals surface area contributed by atoms with Crippen molar-refractivity contribution in [1.29, 1.82) is 5.26 Å². The summed E-state index contributed by atoms with van der Waals surface area (Å²) in [6.45, 7) is 0. The molecule has 3 nitrogen and oxygen atoms in total. The zero-order valence-electron chi connectivity index (χ0n) is 8.49. The number of aromatic nitrogens is 1. The number of para-hydroxylation sites is 1. The Balaban J connectivity index is 2.52. The minimum absolute atomic E-state index is 0.513. The number of benzene rings is 2. The van der Waals surface area contributed by atoms with Gasteiger partial charge in [0.2, 0.25) is 0 Å². The van der Waals surface area contributed by atoms with Crippen LogP contribution in [0, 0.1) is 11.3 Å². The molecule has 3 rings (SSSR count). The fourth-order valence-corrected chi connectivity index (χ4v) is 2.01. The van der Waals surface area contributed by atoms with Crippen LogP contribution in [0.2, 0.25) is 0 Å². The van der Waals surface area contributed by atoms with E-state index in [1.807, 2.05) is 30.3 Å². The van der Waals surface area contributed by atoms with Gasteiger partial charge in [-0.05, 0) is 18.2 Å². The number of nitrogens with two attached hydrogens (primary N) is 1. The van der Waals surface area contributed by atoms with Crippen LogP contribution in [0.3, 0.4) is 0 Å². The lowest BCUT2D eigenvalue weighted by Gasteiger charge is -1.97. The van der Waals surface area contributed by atoms with Crippen LogP contribution in [0.4, 0.5) is 5.69 Å². The molecule has 0 aliphatic rings. The Hall–Kier alpha value is -2.47. The van der Waals surface area contributed by atoms with E-state index in [0.717, 1.165) is 21.8 Å². The second-order valence-corrected chi connectivity index (χ2v) is 3.77. The first kappa shape index (κ1) is 8.81. The van der Waals surface area contributed by atoms with E-state index in [-0.39, 0.29) is 0 Å². The van der Waals surface area contributed by atoms with E-state index in [0.29, 0.717) is 11.3 Å². The molecule has 0 saturated carbocycles. The summed E-state index contributed by atoms with van der Waals surface area (Å²) in [6.07, 6.45) is 0. The molecule has 0 bridgehead atoms. The molecule has 0 aliphatic carbocycles. The molecular formula is C13H9N3. The van der Waals surface area contributed by atoms with Gasteiger partial charge < -0.3 is 10.7 Å². The van der Waals surface area contributed by atoms with Crippen molar-refractivity contribution in [3.63, 3.8) is 0 Å². The summed E-state index contributed by atoms with van der Waals surface area (Å²) in [5.41, 5.74) is 8.86. The standard InChI is InChI=1S/C13H9N3/c14-7-8-5-13-10(6-11(8)15)9-3-1-2-4-12(9)16-13/h1-6,16H,15H2. The molecular weight excluding hydrogens is 198 g/mol. The molecule has 0 saturated heterocycles. The highest BCUT2D eigenvalue weighted by atomic mass is 14.7. The van der Waals surface area contributed by atoms with Crippen LogP contribution < -0.4 is 5.73 Å². The van der Waals surface area contributed by atoms with Crippen molar-refractivity contribution in [2.24, 2.45) is 0 Å². The second-order valence-electron chi connectivity index (χ2n) is 3.77. The van der Waals surface area contributed by atoms with E-state index in [2.05, 4.69) is 11.1 Å². The Morgan fingerprint density at radius 1 is 1.06 bits per heavy atom. The quantitative estimate of drug-likeness (QED) is 0.556. The van der Waals surface area contributed by atoms with Crippen molar-refractivity contribution in [3.8, 4) is 6.07 Å². The molecule has 16 heavy (non-hydrogen) atoms. The Labute approximate surface area is 92.1 Å². The maximum absolute atomic E-state index is 8.91. The molecule has 0 atom stereocenters. The molecule has 2 aromatic carbocycles. The number of anilines is 1. The first-order valence-electron chi connectivity index (χ1n) is 4.99. The first-order valence-corrected chi connectivity index (χ1v) is 4.99. The molecule has 0 amide bonds. The highest BCUT2D eigenvalue weighted by Crippen LogP contribution is 2.28. The monoisotopic (exact) mass is 207 g/mol. The smallest absolute Gasteiger partial charge is 0.101 e. The van der Waals surface area contributed by atoms with Gasteiger partial charge in [-0.2, -0.15) is 5.26 Å². The van der Waals surface area contributed by atoms with E-state index < -0.39 is 0 Å². The van der Waals surface area contributed by atoms with Crippen molar-refractivity contribution in [2.45, 2.75) is 0 Å². The Morgan fingerprint density at radius 2 is 1.88 bits per heavy atom. The fourth-order valence-electron chi connectivity index (χ4n) is 2.01. The van der Waals surface area contributed by atoms with Crippen LogP contribution in [0.5, 0.6) is 0 Å². The minimum atomic E-state index is 0.513. The molecule has 1 heterocycles. The van der Waals surface area contributed by atoms with Gasteiger partial charge in [0.1, 0.15) is 6.07 Å². The summed E-state index contributed by atoms with van der Waals surface area (Å²) >= 11 is 0. The average molecular weight is 207 g/mol. The van der Waals surface area contributed by atoms with Crippen molar-refractivity contribution < 1.29 is 0 Å². The molecule has 76 valence electrons. The van der Waals surface area contributed by atoms with Gasteiger partial charge in [0.15, 0.2) is 0 Å².